The van der Waals surface area contributed by atoms with Crippen molar-refractivity contribution in [3.05, 3.63) is 70.1 Å². The smallest absolute Gasteiger partial charge is 0.125 e. The van der Waals surface area contributed by atoms with Crippen molar-refractivity contribution in [2.45, 2.75) is 13.5 Å². The number of benzene rings is 2. The molecule has 0 saturated heterocycles. The van der Waals surface area contributed by atoms with Crippen LogP contribution in [-0.2, 0) is 6.54 Å². The molecular weight excluding hydrogens is 331 g/mol. The van der Waals surface area contributed by atoms with Crippen LogP contribution in [0.5, 0.6) is 0 Å². The van der Waals surface area contributed by atoms with Crippen molar-refractivity contribution in [2.75, 3.05) is 5.32 Å². The molecule has 0 aliphatic carbocycles. The first kappa shape index (κ1) is 14.0. The number of anilines is 1. The van der Waals surface area contributed by atoms with E-state index in [4.69, 9.17) is 0 Å². The van der Waals surface area contributed by atoms with Gasteiger partial charge in [0.05, 0.1) is 11.2 Å². The summed E-state index contributed by atoms with van der Waals surface area (Å²) in [6, 6.07) is 14.8. The Morgan fingerprint density at radius 2 is 1.95 bits per heavy atom. The van der Waals surface area contributed by atoms with E-state index in [0.29, 0.717) is 6.54 Å². The third kappa shape index (κ3) is 3.22. The molecule has 0 saturated carbocycles. The number of halogens is 2. The average Bonchev–Trinajstić information content (AvgIpc) is 2.48. The molecule has 0 bridgehead atoms. The predicted octanol–water partition coefficient (Wildman–Crippen LogP) is 5.06. The summed E-state index contributed by atoms with van der Waals surface area (Å²) in [4.78, 5) is 4.48. The summed E-state index contributed by atoms with van der Waals surface area (Å²) in [5, 5.41) is 4.35. The van der Waals surface area contributed by atoms with Crippen molar-refractivity contribution in [1.82, 2.24) is 4.98 Å². The zero-order chi connectivity index (χ0) is 14.8. The van der Waals surface area contributed by atoms with Crippen molar-refractivity contribution in [2.24, 2.45) is 0 Å². The second-order valence-corrected chi connectivity index (χ2v) is 5.81. The van der Waals surface area contributed by atoms with E-state index in [1.54, 1.807) is 6.07 Å². The number of aromatic nitrogens is 1. The number of hydrogen-bond acceptors (Lipinski definition) is 2. The van der Waals surface area contributed by atoms with E-state index in [-0.39, 0.29) is 5.82 Å². The SMILES string of the molecule is Cc1ccc2cc(CNc3cc(F)ccc3Br)ccc2n1. The van der Waals surface area contributed by atoms with Crippen LogP contribution in [0, 0.1) is 12.7 Å². The first-order valence-corrected chi connectivity index (χ1v) is 7.46. The van der Waals surface area contributed by atoms with Gasteiger partial charge in [-0.2, -0.15) is 0 Å². The molecule has 1 N–H and O–H groups in total. The fourth-order valence-corrected chi connectivity index (χ4v) is 2.60. The van der Waals surface area contributed by atoms with Crippen LogP contribution in [-0.4, -0.2) is 4.98 Å². The lowest BCUT2D eigenvalue weighted by Gasteiger charge is -2.09. The number of aryl methyl sites for hydroxylation is 1. The second-order valence-electron chi connectivity index (χ2n) is 4.96. The van der Waals surface area contributed by atoms with Gasteiger partial charge >= 0.3 is 0 Å². The van der Waals surface area contributed by atoms with Gasteiger partial charge in [-0.1, -0.05) is 12.1 Å². The van der Waals surface area contributed by atoms with Crippen molar-refractivity contribution in [3.63, 3.8) is 0 Å². The van der Waals surface area contributed by atoms with Crippen LogP contribution in [0.3, 0.4) is 0 Å². The summed E-state index contributed by atoms with van der Waals surface area (Å²) in [7, 11) is 0. The Hall–Kier alpha value is -1.94. The number of hydrogen-bond donors (Lipinski definition) is 1. The molecule has 21 heavy (non-hydrogen) atoms. The van der Waals surface area contributed by atoms with E-state index < -0.39 is 0 Å². The molecule has 3 aromatic rings. The van der Waals surface area contributed by atoms with Gasteiger partial charge < -0.3 is 5.32 Å². The molecule has 0 radical (unpaired) electrons. The quantitative estimate of drug-likeness (QED) is 0.718. The largest absolute Gasteiger partial charge is 0.380 e. The lowest BCUT2D eigenvalue weighted by atomic mass is 10.1. The molecule has 0 aliphatic rings. The first-order chi connectivity index (χ1) is 10.1. The summed E-state index contributed by atoms with van der Waals surface area (Å²) < 4.78 is 14.1. The molecule has 0 unspecified atom stereocenters. The zero-order valence-electron chi connectivity index (χ0n) is 11.5. The van der Waals surface area contributed by atoms with Gasteiger partial charge in [0.2, 0.25) is 0 Å². The Morgan fingerprint density at radius 1 is 1.10 bits per heavy atom. The lowest BCUT2D eigenvalue weighted by molar-refractivity contribution is 0.628. The minimum absolute atomic E-state index is 0.251. The van der Waals surface area contributed by atoms with Gasteiger partial charge in [0.1, 0.15) is 5.82 Å². The van der Waals surface area contributed by atoms with Crippen LogP contribution >= 0.6 is 15.9 Å². The van der Waals surface area contributed by atoms with Gasteiger partial charge in [0, 0.05) is 22.1 Å². The van der Waals surface area contributed by atoms with Crippen LogP contribution in [0.2, 0.25) is 0 Å². The number of pyridine rings is 1. The molecule has 0 fully saturated rings. The molecule has 0 aliphatic heterocycles. The molecule has 0 atom stereocenters. The van der Waals surface area contributed by atoms with Crippen molar-refractivity contribution in [1.29, 1.82) is 0 Å². The lowest BCUT2D eigenvalue weighted by Crippen LogP contribution is -2.00. The van der Waals surface area contributed by atoms with Crippen LogP contribution in [0.15, 0.2) is 53.0 Å². The van der Waals surface area contributed by atoms with E-state index in [0.717, 1.165) is 32.3 Å². The van der Waals surface area contributed by atoms with E-state index >= 15 is 0 Å². The molecule has 0 spiro atoms. The second kappa shape index (κ2) is 5.82. The molecular formula is C17H14BrFN2. The summed E-state index contributed by atoms with van der Waals surface area (Å²) >= 11 is 3.41. The Kier molecular flexibility index (Phi) is 3.88. The third-order valence-corrected chi connectivity index (χ3v) is 4.00. The maximum atomic E-state index is 13.2. The fourth-order valence-electron chi connectivity index (χ4n) is 2.22. The molecule has 3 rings (SSSR count). The van der Waals surface area contributed by atoms with E-state index in [1.807, 2.05) is 25.1 Å². The monoisotopic (exact) mass is 344 g/mol. The highest BCUT2D eigenvalue weighted by molar-refractivity contribution is 9.10. The molecule has 2 nitrogen and oxygen atoms in total. The summed E-state index contributed by atoms with van der Waals surface area (Å²) in [6.07, 6.45) is 0. The zero-order valence-corrected chi connectivity index (χ0v) is 13.1. The Morgan fingerprint density at radius 3 is 2.81 bits per heavy atom. The topological polar surface area (TPSA) is 24.9 Å². The maximum absolute atomic E-state index is 13.2. The van der Waals surface area contributed by atoms with Gasteiger partial charge in [-0.3, -0.25) is 4.98 Å². The van der Waals surface area contributed by atoms with Crippen molar-refractivity contribution < 1.29 is 4.39 Å². The molecule has 4 heteroatoms. The fraction of sp³-hybridized carbons (Fsp3) is 0.118. The van der Waals surface area contributed by atoms with Gasteiger partial charge in [-0.15, -0.1) is 0 Å². The average molecular weight is 345 g/mol. The molecule has 106 valence electrons. The van der Waals surface area contributed by atoms with Gasteiger partial charge in [-0.05, 0) is 64.8 Å². The highest BCUT2D eigenvalue weighted by Crippen LogP contribution is 2.24. The predicted molar refractivity (Wildman–Crippen MR) is 87.9 cm³/mol. The number of nitrogens with one attached hydrogen (secondary N) is 1. The van der Waals surface area contributed by atoms with E-state index in [1.165, 1.54) is 12.1 Å². The third-order valence-electron chi connectivity index (χ3n) is 3.30. The van der Waals surface area contributed by atoms with Gasteiger partial charge in [-0.25, -0.2) is 4.39 Å². The van der Waals surface area contributed by atoms with Crippen LogP contribution in [0.4, 0.5) is 10.1 Å². The Bertz CT molecular complexity index is 802. The van der Waals surface area contributed by atoms with Crippen LogP contribution in [0.1, 0.15) is 11.3 Å². The standard InChI is InChI=1S/C17H14BrFN2/c1-11-2-4-13-8-12(3-7-16(13)21-11)10-20-17-9-14(19)5-6-15(17)18/h2-9,20H,10H2,1H3. The van der Waals surface area contributed by atoms with Crippen LogP contribution in [0.25, 0.3) is 10.9 Å². The maximum Gasteiger partial charge on any atom is 0.125 e. The molecule has 0 amide bonds. The van der Waals surface area contributed by atoms with Crippen molar-refractivity contribution in [3.8, 4) is 0 Å². The highest BCUT2D eigenvalue weighted by atomic mass is 79.9. The molecule has 1 heterocycles. The minimum Gasteiger partial charge on any atom is -0.380 e. The van der Waals surface area contributed by atoms with E-state index in [2.05, 4.69) is 38.4 Å². The minimum atomic E-state index is -0.251. The van der Waals surface area contributed by atoms with Gasteiger partial charge in [0.15, 0.2) is 0 Å². The van der Waals surface area contributed by atoms with Crippen LogP contribution < -0.4 is 5.32 Å². The van der Waals surface area contributed by atoms with Gasteiger partial charge in [0.25, 0.3) is 0 Å². The first-order valence-electron chi connectivity index (χ1n) is 6.67. The summed E-state index contributed by atoms with van der Waals surface area (Å²) in [5.41, 5.74) is 3.88. The summed E-state index contributed by atoms with van der Waals surface area (Å²) in [5.74, 6) is -0.251. The molecule has 2 aromatic carbocycles. The number of fused-ring (bicyclic) bond motifs is 1. The van der Waals surface area contributed by atoms with Crippen molar-refractivity contribution >= 4 is 32.5 Å². The Labute approximate surface area is 131 Å². The molecule has 1 aromatic heterocycles. The normalized spacial score (nSPS) is 10.8. The van der Waals surface area contributed by atoms with E-state index in [9.17, 15) is 4.39 Å². The summed E-state index contributed by atoms with van der Waals surface area (Å²) in [6.45, 7) is 2.61. The highest BCUT2D eigenvalue weighted by Gasteiger charge is 2.03. The number of rotatable bonds is 3. The Balaban J connectivity index is 1.82. The number of nitrogens with zero attached hydrogens (tertiary/aromatic N) is 1.